The van der Waals surface area contributed by atoms with Crippen LogP contribution in [0.1, 0.15) is 33.2 Å². The van der Waals surface area contributed by atoms with Crippen LogP contribution < -0.4 is 10.6 Å². The Balaban J connectivity index is 1.64. The number of fused-ring (bicyclic) bond motifs is 1. The maximum absolute atomic E-state index is 12.9. The molecule has 35 heavy (non-hydrogen) atoms. The number of rotatable bonds is 7. The number of thiophene rings is 1. The molecule has 0 fully saturated rings. The Morgan fingerprint density at radius 2 is 1.74 bits per heavy atom. The number of aromatic nitrogens is 1. The summed E-state index contributed by atoms with van der Waals surface area (Å²) < 4.78 is 11.8. The quantitative estimate of drug-likeness (QED) is 0.343. The van der Waals surface area contributed by atoms with E-state index in [-0.39, 0.29) is 23.4 Å². The van der Waals surface area contributed by atoms with Gasteiger partial charge in [0.05, 0.1) is 41.6 Å². The lowest BCUT2D eigenvalue weighted by Gasteiger charge is -2.13. The number of esters is 2. The number of amides is 2. The van der Waals surface area contributed by atoms with Gasteiger partial charge in [-0.2, -0.15) is 0 Å². The summed E-state index contributed by atoms with van der Waals surface area (Å²) in [6, 6.07) is 15.9. The van der Waals surface area contributed by atoms with Crippen molar-refractivity contribution in [2.24, 2.45) is 0 Å². The zero-order chi connectivity index (χ0) is 24.9. The largest absolute Gasteiger partial charge is 0.465 e. The van der Waals surface area contributed by atoms with Crippen molar-refractivity contribution in [1.29, 1.82) is 0 Å². The lowest BCUT2D eigenvalue weighted by Crippen LogP contribution is -2.29. The van der Waals surface area contributed by atoms with Gasteiger partial charge in [0.2, 0.25) is 0 Å². The summed E-state index contributed by atoms with van der Waals surface area (Å²) in [6.07, 6.45) is 0. The van der Waals surface area contributed by atoms with Gasteiger partial charge in [-0.3, -0.25) is 0 Å². The van der Waals surface area contributed by atoms with E-state index in [4.69, 9.17) is 9.47 Å². The highest BCUT2D eigenvalue weighted by Gasteiger charge is 2.20. The van der Waals surface area contributed by atoms with Crippen molar-refractivity contribution in [3.05, 3.63) is 76.7 Å². The Morgan fingerprint density at radius 1 is 0.971 bits per heavy atom. The number of aryl methyl sites for hydroxylation is 1. The molecular formula is C26H25N3O5S. The molecule has 0 unspecified atom stereocenters. The van der Waals surface area contributed by atoms with Gasteiger partial charge in [-0.1, -0.05) is 24.3 Å². The van der Waals surface area contributed by atoms with Crippen LogP contribution in [-0.4, -0.2) is 36.8 Å². The fourth-order valence-corrected chi connectivity index (χ4v) is 4.90. The van der Waals surface area contributed by atoms with Crippen molar-refractivity contribution in [2.75, 3.05) is 19.5 Å². The Bertz CT molecular complexity index is 1390. The maximum atomic E-state index is 12.9. The number of carbonyl (C=O) groups is 3. The van der Waals surface area contributed by atoms with Gasteiger partial charge in [0.25, 0.3) is 0 Å². The standard InChI is InChI=1S/C26H25N3O5S/c1-4-29-21-9-6-5-8-17(21)19(23(29)22-10-7-13-35-22)15-27-26(32)28-20-14-16(24(30)33-2)11-12-18(20)25(31)34-3/h5-14H,4,15H2,1-3H3,(H2,27,28,32). The van der Waals surface area contributed by atoms with E-state index in [2.05, 4.69) is 34.3 Å². The Hall–Kier alpha value is -4.11. The zero-order valence-corrected chi connectivity index (χ0v) is 20.4. The first kappa shape index (κ1) is 24.0. The van der Waals surface area contributed by atoms with E-state index in [1.54, 1.807) is 11.3 Å². The summed E-state index contributed by atoms with van der Waals surface area (Å²) >= 11 is 1.64. The number of anilines is 1. The molecule has 2 aromatic carbocycles. The molecule has 4 aromatic rings. The fourth-order valence-electron chi connectivity index (χ4n) is 4.09. The van der Waals surface area contributed by atoms with Gasteiger partial charge < -0.3 is 24.7 Å². The molecule has 0 aliphatic carbocycles. The molecule has 0 aliphatic heterocycles. The Kier molecular flexibility index (Phi) is 7.17. The molecule has 2 aromatic heterocycles. The molecule has 2 heterocycles. The second-order valence-corrected chi connectivity index (χ2v) is 8.56. The number of ether oxygens (including phenoxy) is 2. The molecule has 0 atom stereocenters. The summed E-state index contributed by atoms with van der Waals surface area (Å²) in [5.74, 6) is -1.22. The van der Waals surface area contributed by atoms with Crippen molar-refractivity contribution < 1.29 is 23.9 Å². The Morgan fingerprint density at radius 3 is 2.43 bits per heavy atom. The summed E-state index contributed by atoms with van der Waals surface area (Å²) in [5.41, 5.74) is 3.61. The van der Waals surface area contributed by atoms with E-state index >= 15 is 0 Å². The smallest absolute Gasteiger partial charge is 0.339 e. The average molecular weight is 492 g/mol. The van der Waals surface area contributed by atoms with E-state index in [1.165, 1.54) is 32.4 Å². The minimum atomic E-state index is -0.636. The molecule has 0 bridgehead atoms. The van der Waals surface area contributed by atoms with Crippen molar-refractivity contribution in [3.8, 4) is 10.6 Å². The third kappa shape index (κ3) is 4.76. The van der Waals surface area contributed by atoms with Crippen molar-refractivity contribution in [2.45, 2.75) is 20.0 Å². The van der Waals surface area contributed by atoms with E-state index in [0.717, 1.165) is 33.6 Å². The number of methoxy groups -OCH3 is 2. The third-order valence-electron chi connectivity index (χ3n) is 5.67. The maximum Gasteiger partial charge on any atom is 0.339 e. The highest BCUT2D eigenvalue weighted by molar-refractivity contribution is 7.13. The predicted octanol–water partition coefficient (Wildman–Crippen LogP) is 5.28. The predicted molar refractivity (Wildman–Crippen MR) is 136 cm³/mol. The normalized spacial score (nSPS) is 10.7. The number of benzene rings is 2. The summed E-state index contributed by atoms with van der Waals surface area (Å²) in [4.78, 5) is 38.2. The van der Waals surface area contributed by atoms with Crippen LogP contribution in [0.2, 0.25) is 0 Å². The fraction of sp³-hybridized carbons (Fsp3) is 0.192. The van der Waals surface area contributed by atoms with Crippen molar-refractivity contribution >= 4 is 45.9 Å². The topological polar surface area (TPSA) is 98.7 Å². The number of nitrogens with one attached hydrogen (secondary N) is 2. The van der Waals surface area contributed by atoms with Crippen LogP contribution >= 0.6 is 11.3 Å². The Labute approximate surface area is 206 Å². The second-order valence-electron chi connectivity index (χ2n) is 7.62. The molecule has 2 N–H and O–H groups in total. The first-order chi connectivity index (χ1) is 17.0. The van der Waals surface area contributed by atoms with E-state index in [9.17, 15) is 14.4 Å². The number of hydrogen-bond donors (Lipinski definition) is 2. The SMILES string of the molecule is CCn1c(-c2cccs2)c(CNC(=O)Nc2cc(C(=O)OC)ccc2C(=O)OC)c2ccccc21. The first-order valence-corrected chi connectivity index (χ1v) is 11.9. The lowest BCUT2D eigenvalue weighted by atomic mass is 10.1. The summed E-state index contributed by atoms with van der Waals surface area (Å²) in [7, 11) is 2.50. The number of carbonyl (C=O) groups excluding carboxylic acids is 3. The first-order valence-electron chi connectivity index (χ1n) is 11.0. The van der Waals surface area contributed by atoms with Crippen LogP contribution in [0.5, 0.6) is 0 Å². The highest BCUT2D eigenvalue weighted by atomic mass is 32.1. The molecule has 0 spiro atoms. The van der Waals surface area contributed by atoms with Crippen LogP contribution in [0.4, 0.5) is 10.5 Å². The summed E-state index contributed by atoms with van der Waals surface area (Å²) in [6.45, 7) is 3.13. The summed E-state index contributed by atoms with van der Waals surface area (Å²) in [5, 5.41) is 8.66. The van der Waals surface area contributed by atoms with Gasteiger partial charge in [-0.05, 0) is 42.6 Å². The average Bonchev–Trinajstić information content (AvgIpc) is 3.52. The minimum absolute atomic E-state index is 0.122. The highest BCUT2D eigenvalue weighted by Crippen LogP contribution is 2.36. The number of para-hydroxylation sites is 1. The monoisotopic (exact) mass is 491 g/mol. The van der Waals surface area contributed by atoms with Crippen LogP contribution in [0.15, 0.2) is 60.0 Å². The van der Waals surface area contributed by atoms with Crippen LogP contribution in [-0.2, 0) is 22.6 Å². The van der Waals surface area contributed by atoms with Gasteiger partial charge in [0.15, 0.2) is 0 Å². The molecular weight excluding hydrogens is 466 g/mol. The van der Waals surface area contributed by atoms with Crippen LogP contribution in [0.3, 0.4) is 0 Å². The minimum Gasteiger partial charge on any atom is -0.465 e. The van der Waals surface area contributed by atoms with Gasteiger partial charge in [-0.25, -0.2) is 14.4 Å². The van der Waals surface area contributed by atoms with E-state index < -0.39 is 18.0 Å². The molecule has 2 amide bonds. The van der Waals surface area contributed by atoms with Gasteiger partial charge >= 0.3 is 18.0 Å². The molecule has 4 rings (SSSR count). The molecule has 180 valence electrons. The molecule has 0 saturated carbocycles. The number of hydrogen-bond acceptors (Lipinski definition) is 6. The third-order valence-corrected chi connectivity index (χ3v) is 6.54. The molecule has 0 radical (unpaired) electrons. The van der Waals surface area contributed by atoms with Gasteiger partial charge in [-0.15, -0.1) is 11.3 Å². The second kappa shape index (κ2) is 10.4. The van der Waals surface area contributed by atoms with Gasteiger partial charge in [0.1, 0.15) is 0 Å². The van der Waals surface area contributed by atoms with Gasteiger partial charge in [0, 0.05) is 29.6 Å². The van der Waals surface area contributed by atoms with Crippen molar-refractivity contribution in [3.63, 3.8) is 0 Å². The lowest BCUT2D eigenvalue weighted by molar-refractivity contribution is 0.0587. The number of urea groups is 1. The van der Waals surface area contributed by atoms with Crippen LogP contribution in [0.25, 0.3) is 21.5 Å². The number of nitrogens with zero attached hydrogens (tertiary/aromatic N) is 1. The molecule has 0 aliphatic rings. The van der Waals surface area contributed by atoms with E-state index in [0.29, 0.717) is 0 Å². The van der Waals surface area contributed by atoms with Crippen molar-refractivity contribution in [1.82, 2.24) is 9.88 Å². The molecule has 8 nitrogen and oxygen atoms in total. The molecule has 0 saturated heterocycles. The zero-order valence-electron chi connectivity index (χ0n) is 19.6. The van der Waals surface area contributed by atoms with E-state index in [1.807, 2.05) is 29.6 Å². The molecule has 9 heteroatoms. The van der Waals surface area contributed by atoms with Crippen LogP contribution in [0, 0.1) is 0 Å².